The van der Waals surface area contributed by atoms with Gasteiger partial charge in [0.1, 0.15) is 17.8 Å². The number of alkyl halides is 3. The second-order valence-corrected chi connectivity index (χ2v) is 8.89. The molecule has 10 heteroatoms. The molecular weight excluding hydrogens is 463 g/mol. The van der Waals surface area contributed by atoms with E-state index in [1.807, 2.05) is 19.1 Å². The Morgan fingerprint density at radius 3 is 2.60 bits per heavy atom. The summed E-state index contributed by atoms with van der Waals surface area (Å²) in [5, 5.41) is 5.02. The summed E-state index contributed by atoms with van der Waals surface area (Å²) in [4.78, 5) is 39.3. The molecule has 1 fully saturated rings. The van der Waals surface area contributed by atoms with E-state index in [1.165, 1.54) is 5.56 Å². The zero-order valence-electron chi connectivity index (χ0n) is 19.4. The molecule has 0 aromatic heterocycles. The molecule has 0 unspecified atom stereocenters. The first kappa shape index (κ1) is 24.6. The summed E-state index contributed by atoms with van der Waals surface area (Å²) in [5.74, 6) is -1.37. The largest absolute Gasteiger partial charge is 0.491 e. The van der Waals surface area contributed by atoms with E-state index in [1.54, 1.807) is 13.0 Å². The predicted octanol–water partition coefficient (Wildman–Crippen LogP) is 4.39. The molecule has 1 aliphatic heterocycles. The van der Waals surface area contributed by atoms with Crippen molar-refractivity contribution in [3.63, 3.8) is 0 Å². The van der Waals surface area contributed by atoms with Gasteiger partial charge in [0.15, 0.2) is 0 Å². The van der Waals surface area contributed by atoms with Gasteiger partial charge in [-0.3, -0.25) is 14.5 Å². The average Bonchev–Trinajstić information content (AvgIpc) is 3.36. The Labute approximate surface area is 200 Å². The predicted molar refractivity (Wildman–Crippen MR) is 122 cm³/mol. The van der Waals surface area contributed by atoms with Gasteiger partial charge in [-0.25, -0.2) is 4.79 Å². The number of urea groups is 1. The SMILES string of the molecule is CCCOc1ccc(C(F)(F)F)cc1NC(=O)CN1C(=O)N[C@](C)(c2ccc3c(c2)CCC3)C1=O. The highest BCUT2D eigenvalue weighted by molar-refractivity contribution is 6.10. The maximum absolute atomic E-state index is 13.2. The fourth-order valence-corrected chi connectivity index (χ4v) is 4.39. The first-order valence-electron chi connectivity index (χ1n) is 11.4. The molecule has 1 atom stereocenters. The Balaban J connectivity index is 1.52. The van der Waals surface area contributed by atoms with E-state index in [0.29, 0.717) is 12.0 Å². The number of nitrogens with one attached hydrogen (secondary N) is 2. The molecule has 1 aliphatic carbocycles. The molecule has 1 heterocycles. The zero-order valence-corrected chi connectivity index (χ0v) is 19.4. The van der Waals surface area contributed by atoms with Gasteiger partial charge in [0, 0.05) is 0 Å². The number of aryl methyl sites for hydroxylation is 2. The van der Waals surface area contributed by atoms with Crippen LogP contribution in [0.3, 0.4) is 0 Å². The number of benzene rings is 2. The Bertz CT molecular complexity index is 1180. The summed E-state index contributed by atoms with van der Waals surface area (Å²) in [6, 6.07) is 7.66. The second-order valence-electron chi connectivity index (χ2n) is 8.89. The minimum absolute atomic E-state index is 0.0633. The van der Waals surface area contributed by atoms with Crippen LogP contribution in [-0.2, 0) is 34.1 Å². The van der Waals surface area contributed by atoms with Crippen molar-refractivity contribution >= 4 is 23.5 Å². The van der Waals surface area contributed by atoms with Crippen molar-refractivity contribution in [1.82, 2.24) is 10.2 Å². The van der Waals surface area contributed by atoms with Crippen LogP contribution in [0.5, 0.6) is 5.75 Å². The number of hydrogen-bond donors (Lipinski definition) is 2. The number of nitrogens with zero attached hydrogens (tertiary/aromatic N) is 1. The highest BCUT2D eigenvalue weighted by Crippen LogP contribution is 2.36. The van der Waals surface area contributed by atoms with E-state index in [9.17, 15) is 27.6 Å². The van der Waals surface area contributed by atoms with Crippen LogP contribution >= 0.6 is 0 Å². The van der Waals surface area contributed by atoms with E-state index in [4.69, 9.17) is 4.74 Å². The Morgan fingerprint density at radius 1 is 1.14 bits per heavy atom. The molecule has 2 aliphatic rings. The third-order valence-corrected chi connectivity index (χ3v) is 6.30. The molecule has 7 nitrogen and oxygen atoms in total. The summed E-state index contributed by atoms with van der Waals surface area (Å²) in [6.07, 6.45) is -1.11. The number of ether oxygens (including phenoxy) is 1. The fourth-order valence-electron chi connectivity index (χ4n) is 4.39. The zero-order chi connectivity index (χ0) is 25.4. The number of hydrogen-bond acceptors (Lipinski definition) is 4. The first-order valence-corrected chi connectivity index (χ1v) is 11.4. The molecule has 2 aromatic rings. The van der Waals surface area contributed by atoms with Crippen molar-refractivity contribution in [3.8, 4) is 5.75 Å². The highest BCUT2D eigenvalue weighted by atomic mass is 19.4. The van der Waals surface area contributed by atoms with Gasteiger partial charge < -0.3 is 15.4 Å². The normalized spacial score (nSPS) is 19.5. The lowest BCUT2D eigenvalue weighted by Crippen LogP contribution is -2.42. The lowest BCUT2D eigenvalue weighted by Gasteiger charge is -2.23. The van der Waals surface area contributed by atoms with Crippen LogP contribution in [0.2, 0.25) is 0 Å². The van der Waals surface area contributed by atoms with E-state index in [-0.39, 0.29) is 18.0 Å². The summed E-state index contributed by atoms with van der Waals surface area (Å²) in [7, 11) is 0. The van der Waals surface area contributed by atoms with Crippen LogP contribution in [0.1, 0.15) is 48.9 Å². The van der Waals surface area contributed by atoms with Crippen LogP contribution in [0.25, 0.3) is 0 Å². The number of anilines is 1. The van der Waals surface area contributed by atoms with Crippen LogP contribution in [0.4, 0.5) is 23.7 Å². The van der Waals surface area contributed by atoms with Crippen molar-refractivity contribution in [1.29, 1.82) is 0 Å². The van der Waals surface area contributed by atoms with Gasteiger partial charge in [-0.1, -0.05) is 25.1 Å². The van der Waals surface area contributed by atoms with Gasteiger partial charge in [0.25, 0.3) is 5.91 Å². The maximum Gasteiger partial charge on any atom is 0.416 e. The maximum atomic E-state index is 13.2. The quantitative estimate of drug-likeness (QED) is 0.565. The summed E-state index contributed by atoms with van der Waals surface area (Å²) >= 11 is 0. The highest BCUT2D eigenvalue weighted by Gasteiger charge is 2.49. The third kappa shape index (κ3) is 4.82. The van der Waals surface area contributed by atoms with Crippen molar-refractivity contribution in [2.45, 2.75) is 51.2 Å². The van der Waals surface area contributed by atoms with Gasteiger partial charge in [-0.2, -0.15) is 13.2 Å². The van der Waals surface area contributed by atoms with E-state index in [0.717, 1.165) is 47.9 Å². The number of rotatable bonds is 7. The topological polar surface area (TPSA) is 87.7 Å². The van der Waals surface area contributed by atoms with Crippen LogP contribution in [0.15, 0.2) is 36.4 Å². The summed E-state index contributed by atoms with van der Waals surface area (Å²) < 4.78 is 45.0. The molecule has 2 N–H and O–H groups in total. The average molecular weight is 489 g/mol. The number of imide groups is 1. The van der Waals surface area contributed by atoms with Crippen LogP contribution < -0.4 is 15.4 Å². The van der Waals surface area contributed by atoms with Gasteiger partial charge in [0.2, 0.25) is 5.91 Å². The van der Waals surface area contributed by atoms with Crippen molar-refractivity contribution in [3.05, 3.63) is 58.7 Å². The molecule has 4 amide bonds. The lowest BCUT2D eigenvalue weighted by atomic mass is 9.89. The van der Waals surface area contributed by atoms with E-state index in [2.05, 4.69) is 10.6 Å². The molecule has 0 spiro atoms. The standard InChI is InChI=1S/C25H26F3N3O4/c1-3-11-35-20-10-9-18(25(26,27)28)13-19(20)29-21(32)14-31-22(33)24(2,30-23(31)34)17-8-7-15-5-4-6-16(15)12-17/h7-10,12-13H,3-6,11,14H2,1-2H3,(H,29,32)(H,30,34)/t24-/m1/s1. The molecule has 0 saturated carbocycles. The molecule has 2 aromatic carbocycles. The Kier molecular flexibility index (Phi) is 6.48. The molecule has 1 saturated heterocycles. The van der Waals surface area contributed by atoms with Gasteiger partial charge in [0.05, 0.1) is 17.9 Å². The summed E-state index contributed by atoms with van der Waals surface area (Å²) in [5.41, 5.74) is 0.467. The number of carbonyl (C=O) groups is 3. The molecule has 0 radical (unpaired) electrons. The van der Waals surface area contributed by atoms with Crippen molar-refractivity contribution < 1.29 is 32.3 Å². The number of fused-ring (bicyclic) bond motifs is 1. The Morgan fingerprint density at radius 2 is 1.89 bits per heavy atom. The molecule has 186 valence electrons. The fraction of sp³-hybridized carbons (Fsp3) is 0.400. The van der Waals surface area contributed by atoms with Crippen molar-refractivity contribution in [2.75, 3.05) is 18.5 Å². The summed E-state index contributed by atoms with van der Waals surface area (Å²) in [6.45, 7) is 2.98. The number of amides is 4. The molecule has 35 heavy (non-hydrogen) atoms. The smallest absolute Gasteiger partial charge is 0.416 e. The minimum atomic E-state index is -4.62. The van der Waals surface area contributed by atoms with Crippen LogP contribution in [0, 0.1) is 0 Å². The Hall–Kier alpha value is -3.56. The van der Waals surface area contributed by atoms with Crippen molar-refractivity contribution in [2.24, 2.45) is 0 Å². The molecular formula is C25H26F3N3O4. The van der Waals surface area contributed by atoms with E-state index < -0.39 is 41.7 Å². The van der Waals surface area contributed by atoms with Gasteiger partial charge >= 0.3 is 12.2 Å². The molecule has 0 bridgehead atoms. The first-order chi connectivity index (χ1) is 16.5. The minimum Gasteiger partial charge on any atom is -0.491 e. The second kappa shape index (κ2) is 9.24. The monoisotopic (exact) mass is 489 g/mol. The van der Waals surface area contributed by atoms with Gasteiger partial charge in [-0.15, -0.1) is 0 Å². The lowest BCUT2D eigenvalue weighted by molar-refractivity contribution is -0.137. The number of carbonyl (C=O) groups excluding carboxylic acids is 3. The van der Waals surface area contributed by atoms with Crippen LogP contribution in [-0.4, -0.2) is 35.9 Å². The van der Waals surface area contributed by atoms with Gasteiger partial charge in [-0.05, 0) is 67.5 Å². The number of halogens is 3. The van der Waals surface area contributed by atoms with E-state index >= 15 is 0 Å². The third-order valence-electron chi connectivity index (χ3n) is 6.30. The molecule has 4 rings (SSSR count).